The molecule has 4 unspecified atom stereocenters. The first-order valence-corrected chi connectivity index (χ1v) is 11.2. The third-order valence-electron chi connectivity index (χ3n) is 4.41. The molecule has 1 heterocycles. The zero-order valence-electron chi connectivity index (χ0n) is 17.9. The number of carboxylic acid groups (broad SMARTS) is 1. The van der Waals surface area contributed by atoms with Gasteiger partial charge in [0, 0.05) is 18.3 Å². The molecule has 1 aromatic rings. The maximum Gasteiger partial charge on any atom is 0.328 e. The van der Waals surface area contributed by atoms with E-state index >= 15 is 0 Å². The number of nitrogens with one attached hydrogen (secondary N) is 4. The molecular formula is C18H29N7O7S. The van der Waals surface area contributed by atoms with Gasteiger partial charge >= 0.3 is 5.97 Å². The largest absolute Gasteiger partial charge is 0.480 e. The van der Waals surface area contributed by atoms with Gasteiger partial charge in [-0.05, 0) is 18.4 Å². The van der Waals surface area contributed by atoms with E-state index < -0.39 is 66.8 Å². The fraction of sp³-hybridized carbons (Fsp3) is 0.556. The topological polar surface area (TPSA) is 243 Å². The summed E-state index contributed by atoms with van der Waals surface area (Å²) in [5, 5.41) is 25.0. The highest BCUT2D eigenvalue weighted by atomic mass is 32.2. The summed E-state index contributed by atoms with van der Waals surface area (Å²) in [5.74, 6) is -4.37. The summed E-state index contributed by atoms with van der Waals surface area (Å²) in [6, 6.07) is -5.23. The number of imidazole rings is 1. The smallest absolute Gasteiger partial charge is 0.328 e. The van der Waals surface area contributed by atoms with Crippen molar-refractivity contribution in [1.29, 1.82) is 0 Å². The summed E-state index contributed by atoms with van der Waals surface area (Å²) >= 11 is 1.38. The molecule has 0 aliphatic carbocycles. The number of aromatic nitrogens is 2. The van der Waals surface area contributed by atoms with E-state index in [1.54, 1.807) is 6.26 Å². The third kappa shape index (κ3) is 9.88. The van der Waals surface area contributed by atoms with Crippen molar-refractivity contribution in [3.8, 4) is 0 Å². The Morgan fingerprint density at radius 2 is 1.70 bits per heavy atom. The number of carbonyl (C=O) groups excluding carboxylic acids is 4. The maximum absolute atomic E-state index is 12.8. The van der Waals surface area contributed by atoms with Crippen LogP contribution in [0.1, 0.15) is 18.5 Å². The number of nitrogens with zero attached hydrogens (tertiary/aromatic N) is 1. The molecule has 0 aliphatic rings. The molecule has 0 aromatic carbocycles. The molecule has 15 heteroatoms. The molecule has 0 fully saturated rings. The Kier molecular flexibility index (Phi) is 11.9. The van der Waals surface area contributed by atoms with E-state index in [9.17, 15) is 24.0 Å². The van der Waals surface area contributed by atoms with E-state index in [-0.39, 0.29) is 12.8 Å². The van der Waals surface area contributed by atoms with E-state index in [0.29, 0.717) is 11.4 Å². The van der Waals surface area contributed by atoms with Crippen LogP contribution in [0.4, 0.5) is 0 Å². The number of aliphatic carboxylic acids is 1. The van der Waals surface area contributed by atoms with E-state index in [1.165, 1.54) is 24.3 Å². The second-order valence-corrected chi connectivity index (χ2v) is 8.03. The Labute approximate surface area is 193 Å². The van der Waals surface area contributed by atoms with Crippen LogP contribution in [0.5, 0.6) is 0 Å². The molecular weight excluding hydrogens is 458 g/mol. The lowest BCUT2D eigenvalue weighted by Crippen LogP contribution is -2.58. The quantitative estimate of drug-likeness (QED) is 0.121. The first-order chi connectivity index (χ1) is 15.6. The van der Waals surface area contributed by atoms with Crippen LogP contribution in [0, 0.1) is 0 Å². The first kappa shape index (κ1) is 27.9. The minimum Gasteiger partial charge on any atom is -0.480 e. The van der Waals surface area contributed by atoms with Gasteiger partial charge in [-0.1, -0.05) is 0 Å². The van der Waals surface area contributed by atoms with Crippen molar-refractivity contribution in [3.63, 3.8) is 0 Å². The van der Waals surface area contributed by atoms with Gasteiger partial charge in [-0.25, -0.2) is 9.78 Å². The molecule has 4 amide bonds. The van der Waals surface area contributed by atoms with Gasteiger partial charge in [0.2, 0.25) is 23.6 Å². The van der Waals surface area contributed by atoms with Crippen molar-refractivity contribution in [2.45, 2.75) is 43.4 Å². The van der Waals surface area contributed by atoms with E-state index in [4.69, 9.17) is 21.7 Å². The number of H-pyrrole nitrogens is 1. The van der Waals surface area contributed by atoms with E-state index in [1.807, 2.05) is 0 Å². The number of nitrogens with two attached hydrogens (primary N) is 2. The predicted molar refractivity (Wildman–Crippen MR) is 118 cm³/mol. The van der Waals surface area contributed by atoms with Gasteiger partial charge in [0.15, 0.2) is 0 Å². The van der Waals surface area contributed by atoms with Crippen molar-refractivity contribution < 1.29 is 34.2 Å². The summed E-state index contributed by atoms with van der Waals surface area (Å²) in [4.78, 5) is 66.8. The Bertz CT molecular complexity index is 821. The highest BCUT2D eigenvalue weighted by Gasteiger charge is 2.30. The van der Waals surface area contributed by atoms with Crippen LogP contribution in [-0.2, 0) is 30.4 Å². The molecule has 4 atom stereocenters. The summed E-state index contributed by atoms with van der Waals surface area (Å²) in [6.45, 7) is -0.848. The predicted octanol–water partition coefficient (Wildman–Crippen LogP) is -3.56. The number of rotatable bonds is 15. The Hall–Kier alpha value is -3.17. The molecule has 0 bridgehead atoms. The lowest BCUT2D eigenvalue weighted by molar-refractivity contribution is -0.143. The van der Waals surface area contributed by atoms with Crippen molar-refractivity contribution in [1.82, 2.24) is 25.9 Å². The fourth-order valence-corrected chi connectivity index (χ4v) is 3.12. The first-order valence-electron chi connectivity index (χ1n) is 9.83. The van der Waals surface area contributed by atoms with E-state index in [2.05, 4.69) is 25.9 Å². The van der Waals surface area contributed by atoms with Gasteiger partial charge in [0.05, 0.1) is 25.4 Å². The normalized spacial score (nSPS) is 14.4. The molecule has 0 spiro atoms. The standard InChI is InChI=1S/C18H29N7O7S/c1-33-3-2-11(16(29)25-13(7-26)18(31)32)23-17(30)12(5-14(20)27)24-15(28)10(19)4-9-6-21-8-22-9/h6,8,10-13,26H,2-5,7,19H2,1H3,(H2,20,27)(H,21,22)(H,23,30)(H,24,28)(H,25,29)(H,31,32). The number of aromatic amines is 1. The van der Waals surface area contributed by atoms with Gasteiger partial charge in [-0.15, -0.1) is 0 Å². The molecule has 0 aliphatic heterocycles. The number of thioether (sulfide) groups is 1. The monoisotopic (exact) mass is 487 g/mol. The van der Waals surface area contributed by atoms with Crippen LogP contribution < -0.4 is 27.4 Å². The lowest BCUT2D eigenvalue weighted by Gasteiger charge is -2.24. The Morgan fingerprint density at radius 3 is 2.21 bits per heavy atom. The van der Waals surface area contributed by atoms with Gasteiger partial charge in [-0.3, -0.25) is 19.2 Å². The number of aliphatic hydroxyl groups is 1. The van der Waals surface area contributed by atoms with Crippen molar-refractivity contribution >= 4 is 41.4 Å². The van der Waals surface area contributed by atoms with Crippen LogP contribution in [-0.4, -0.2) is 92.6 Å². The van der Waals surface area contributed by atoms with Crippen LogP contribution in [0.2, 0.25) is 0 Å². The van der Waals surface area contributed by atoms with Gasteiger partial charge in [-0.2, -0.15) is 11.8 Å². The molecule has 33 heavy (non-hydrogen) atoms. The summed E-state index contributed by atoms with van der Waals surface area (Å²) < 4.78 is 0. The molecule has 0 saturated heterocycles. The molecule has 1 rings (SSSR count). The molecule has 184 valence electrons. The zero-order chi connectivity index (χ0) is 25.0. The highest BCUT2D eigenvalue weighted by Crippen LogP contribution is 2.04. The minimum atomic E-state index is -1.56. The molecule has 10 N–H and O–H groups in total. The number of amides is 4. The van der Waals surface area contributed by atoms with Crippen molar-refractivity contribution in [2.24, 2.45) is 11.5 Å². The molecule has 0 saturated carbocycles. The second kappa shape index (κ2) is 14.1. The highest BCUT2D eigenvalue weighted by molar-refractivity contribution is 7.98. The second-order valence-electron chi connectivity index (χ2n) is 7.04. The minimum absolute atomic E-state index is 0.0905. The SMILES string of the molecule is CSCCC(NC(=O)C(CC(N)=O)NC(=O)C(N)Cc1cnc[nH]1)C(=O)NC(CO)C(=O)O. The molecule has 1 aromatic heterocycles. The number of hydrogen-bond acceptors (Lipinski definition) is 9. The molecule has 14 nitrogen and oxygen atoms in total. The average Bonchev–Trinajstić information content (AvgIpc) is 3.26. The third-order valence-corrected chi connectivity index (χ3v) is 5.05. The lowest BCUT2D eigenvalue weighted by atomic mass is 10.1. The van der Waals surface area contributed by atoms with Gasteiger partial charge in [0.25, 0.3) is 0 Å². The van der Waals surface area contributed by atoms with Gasteiger partial charge < -0.3 is 42.6 Å². The van der Waals surface area contributed by atoms with Crippen LogP contribution in [0.25, 0.3) is 0 Å². The summed E-state index contributed by atoms with van der Waals surface area (Å²) in [7, 11) is 0. The van der Waals surface area contributed by atoms with Crippen LogP contribution >= 0.6 is 11.8 Å². The Morgan fingerprint density at radius 1 is 1.09 bits per heavy atom. The van der Waals surface area contributed by atoms with Crippen molar-refractivity contribution in [2.75, 3.05) is 18.6 Å². The fourth-order valence-electron chi connectivity index (χ4n) is 2.65. The number of carboxylic acids is 1. The molecule has 0 radical (unpaired) electrons. The van der Waals surface area contributed by atoms with Gasteiger partial charge in [0.1, 0.15) is 18.1 Å². The Balaban J connectivity index is 2.89. The van der Waals surface area contributed by atoms with E-state index in [0.717, 1.165) is 0 Å². The van der Waals surface area contributed by atoms with Crippen molar-refractivity contribution in [3.05, 3.63) is 18.2 Å². The number of aliphatic hydroxyl groups excluding tert-OH is 1. The summed E-state index contributed by atoms with van der Waals surface area (Å²) in [6.07, 6.45) is 4.31. The summed E-state index contributed by atoms with van der Waals surface area (Å²) in [5.41, 5.74) is 11.6. The number of primary amides is 1. The van der Waals surface area contributed by atoms with Crippen LogP contribution in [0.3, 0.4) is 0 Å². The average molecular weight is 488 g/mol. The van der Waals surface area contributed by atoms with Crippen LogP contribution in [0.15, 0.2) is 12.5 Å². The zero-order valence-corrected chi connectivity index (χ0v) is 18.8. The number of carbonyl (C=O) groups is 5. The maximum atomic E-state index is 12.8. The number of hydrogen-bond donors (Lipinski definition) is 8.